The van der Waals surface area contributed by atoms with Gasteiger partial charge in [-0.15, -0.1) is 11.3 Å². The van der Waals surface area contributed by atoms with E-state index in [0.717, 1.165) is 11.8 Å². The first-order chi connectivity index (χ1) is 6.79. The number of aromatic nitrogens is 3. The molecule has 70 valence electrons. The predicted molar refractivity (Wildman–Crippen MR) is 53.3 cm³/mol. The second-order valence-corrected chi connectivity index (χ2v) is 3.83. The Bertz CT molecular complexity index is 449. The second-order valence-electron chi connectivity index (χ2n) is 2.77. The molecule has 2 aromatic heterocycles. The van der Waals surface area contributed by atoms with E-state index < -0.39 is 0 Å². The van der Waals surface area contributed by atoms with Gasteiger partial charge in [0.25, 0.3) is 0 Å². The number of carbonyl (C=O) groups excluding carboxylic acids is 1. The summed E-state index contributed by atoms with van der Waals surface area (Å²) in [5.74, 6) is 0.564. The van der Waals surface area contributed by atoms with E-state index in [4.69, 9.17) is 0 Å². The first-order valence-corrected chi connectivity index (χ1v) is 4.81. The molecule has 0 aromatic carbocycles. The first kappa shape index (κ1) is 8.96. The Labute approximate surface area is 84.7 Å². The van der Waals surface area contributed by atoms with Crippen molar-refractivity contribution in [1.29, 1.82) is 0 Å². The molecule has 0 amide bonds. The van der Waals surface area contributed by atoms with E-state index in [-0.39, 0.29) is 0 Å². The number of aldehydes is 1. The Morgan fingerprint density at radius 1 is 1.21 bits per heavy atom. The minimum Gasteiger partial charge on any atom is -0.297 e. The van der Waals surface area contributed by atoms with Crippen molar-refractivity contribution in [3.8, 4) is 10.8 Å². The highest BCUT2D eigenvalue weighted by atomic mass is 32.1. The smallest absolute Gasteiger partial charge is 0.188 e. The molecule has 0 saturated carbocycles. The SMILES string of the molecule is Cc1cnc(-c2ncc(C=O)s2)nc1. The Kier molecular flexibility index (Phi) is 2.32. The number of thiazole rings is 1. The highest BCUT2D eigenvalue weighted by Gasteiger charge is 2.05. The van der Waals surface area contributed by atoms with E-state index in [2.05, 4.69) is 15.0 Å². The summed E-state index contributed by atoms with van der Waals surface area (Å²) in [6, 6.07) is 0. The lowest BCUT2D eigenvalue weighted by Gasteiger charge is -1.93. The highest BCUT2D eigenvalue weighted by Crippen LogP contribution is 2.20. The first-order valence-electron chi connectivity index (χ1n) is 3.99. The van der Waals surface area contributed by atoms with Crippen molar-refractivity contribution in [2.45, 2.75) is 6.92 Å². The van der Waals surface area contributed by atoms with Gasteiger partial charge in [0.15, 0.2) is 17.1 Å². The van der Waals surface area contributed by atoms with Crippen LogP contribution in [0.5, 0.6) is 0 Å². The lowest BCUT2D eigenvalue weighted by Crippen LogP contribution is -1.87. The third-order valence-corrected chi connectivity index (χ3v) is 2.53. The average Bonchev–Trinajstić information content (AvgIpc) is 2.67. The molecule has 0 spiro atoms. The number of rotatable bonds is 2. The van der Waals surface area contributed by atoms with Crippen LogP contribution < -0.4 is 0 Å². The minimum atomic E-state index is 0.564. The third kappa shape index (κ3) is 1.67. The van der Waals surface area contributed by atoms with Crippen LogP contribution in [0.1, 0.15) is 15.2 Å². The maximum absolute atomic E-state index is 10.4. The molecule has 0 aliphatic heterocycles. The molecule has 2 rings (SSSR count). The molecule has 2 aromatic rings. The largest absolute Gasteiger partial charge is 0.297 e. The summed E-state index contributed by atoms with van der Waals surface area (Å²) in [6.07, 6.45) is 5.75. The molecular weight excluding hydrogens is 198 g/mol. The van der Waals surface area contributed by atoms with Crippen LogP contribution in [0.4, 0.5) is 0 Å². The highest BCUT2D eigenvalue weighted by molar-refractivity contribution is 7.16. The normalized spacial score (nSPS) is 10.1. The second kappa shape index (κ2) is 3.63. The molecule has 0 bridgehead atoms. The van der Waals surface area contributed by atoms with E-state index in [1.807, 2.05) is 6.92 Å². The Morgan fingerprint density at radius 2 is 1.93 bits per heavy atom. The molecule has 0 fully saturated rings. The van der Waals surface area contributed by atoms with Crippen molar-refractivity contribution in [3.05, 3.63) is 29.0 Å². The lowest BCUT2D eigenvalue weighted by atomic mass is 10.4. The van der Waals surface area contributed by atoms with Crippen LogP contribution in [0.15, 0.2) is 18.6 Å². The topological polar surface area (TPSA) is 55.7 Å². The van der Waals surface area contributed by atoms with Crippen molar-refractivity contribution < 1.29 is 4.79 Å². The standard InChI is InChI=1S/C9H7N3OS/c1-6-2-10-8(11-3-6)9-12-4-7(5-13)14-9/h2-5H,1H3. The fraction of sp³-hybridized carbons (Fsp3) is 0.111. The van der Waals surface area contributed by atoms with Gasteiger partial charge in [0.2, 0.25) is 0 Å². The quantitative estimate of drug-likeness (QED) is 0.700. The third-order valence-electron chi connectivity index (χ3n) is 1.61. The number of nitrogens with zero attached hydrogens (tertiary/aromatic N) is 3. The van der Waals surface area contributed by atoms with Gasteiger partial charge in [-0.3, -0.25) is 4.79 Å². The Morgan fingerprint density at radius 3 is 2.50 bits per heavy atom. The fourth-order valence-corrected chi connectivity index (χ4v) is 1.63. The van der Waals surface area contributed by atoms with Crippen LogP contribution in [0, 0.1) is 6.92 Å². The number of hydrogen-bond acceptors (Lipinski definition) is 5. The number of aryl methyl sites for hydroxylation is 1. The van der Waals surface area contributed by atoms with E-state index in [1.165, 1.54) is 17.5 Å². The van der Waals surface area contributed by atoms with Gasteiger partial charge in [0.1, 0.15) is 0 Å². The molecule has 0 N–H and O–H groups in total. The molecule has 2 heterocycles. The molecule has 0 aliphatic rings. The number of carbonyl (C=O) groups is 1. The van der Waals surface area contributed by atoms with Gasteiger partial charge in [-0.2, -0.15) is 0 Å². The van der Waals surface area contributed by atoms with Crippen molar-refractivity contribution in [2.24, 2.45) is 0 Å². The summed E-state index contributed by atoms with van der Waals surface area (Å²) in [7, 11) is 0. The zero-order chi connectivity index (χ0) is 9.97. The van der Waals surface area contributed by atoms with Gasteiger partial charge in [-0.25, -0.2) is 15.0 Å². The summed E-state index contributed by atoms with van der Waals surface area (Å²) in [5.41, 5.74) is 1.00. The van der Waals surface area contributed by atoms with E-state index in [0.29, 0.717) is 15.7 Å². The molecule has 0 unspecified atom stereocenters. The maximum atomic E-state index is 10.4. The molecule has 0 aliphatic carbocycles. The summed E-state index contributed by atoms with van der Waals surface area (Å²) >= 11 is 1.29. The molecule has 5 heteroatoms. The van der Waals surface area contributed by atoms with Crippen LogP contribution in [0.3, 0.4) is 0 Å². The van der Waals surface area contributed by atoms with Crippen molar-refractivity contribution >= 4 is 17.6 Å². The van der Waals surface area contributed by atoms with Crippen molar-refractivity contribution in [2.75, 3.05) is 0 Å². The molecular formula is C9H7N3OS. The van der Waals surface area contributed by atoms with Crippen LogP contribution in [0.2, 0.25) is 0 Å². The van der Waals surface area contributed by atoms with Crippen LogP contribution >= 0.6 is 11.3 Å². The maximum Gasteiger partial charge on any atom is 0.188 e. The van der Waals surface area contributed by atoms with Crippen LogP contribution in [-0.4, -0.2) is 21.2 Å². The van der Waals surface area contributed by atoms with Crippen LogP contribution in [-0.2, 0) is 0 Å². The zero-order valence-corrected chi connectivity index (χ0v) is 8.28. The zero-order valence-electron chi connectivity index (χ0n) is 7.47. The monoisotopic (exact) mass is 205 g/mol. The van der Waals surface area contributed by atoms with E-state index >= 15 is 0 Å². The summed E-state index contributed by atoms with van der Waals surface area (Å²) in [5, 5.41) is 0.673. The molecule has 0 atom stereocenters. The summed E-state index contributed by atoms with van der Waals surface area (Å²) < 4.78 is 0. The van der Waals surface area contributed by atoms with Gasteiger partial charge in [0, 0.05) is 18.6 Å². The summed E-state index contributed by atoms with van der Waals surface area (Å²) in [4.78, 5) is 23.3. The van der Waals surface area contributed by atoms with Gasteiger partial charge in [-0.1, -0.05) is 0 Å². The molecule has 14 heavy (non-hydrogen) atoms. The average molecular weight is 205 g/mol. The molecule has 4 nitrogen and oxygen atoms in total. The van der Waals surface area contributed by atoms with Crippen LogP contribution in [0.25, 0.3) is 10.8 Å². The van der Waals surface area contributed by atoms with Gasteiger partial charge >= 0.3 is 0 Å². The Hall–Kier alpha value is -1.62. The molecule has 0 radical (unpaired) electrons. The minimum absolute atomic E-state index is 0.564. The predicted octanol–water partition coefficient (Wildman–Crippen LogP) is 1.72. The van der Waals surface area contributed by atoms with Crippen molar-refractivity contribution in [3.63, 3.8) is 0 Å². The summed E-state index contributed by atoms with van der Waals surface area (Å²) in [6.45, 7) is 1.92. The van der Waals surface area contributed by atoms with Gasteiger partial charge in [-0.05, 0) is 12.5 Å². The lowest BCUT2D eigenvalue weighted by molar-refractivity contribution is 0.112. The van der Waals surface area contributed by atoms with E-state index in [9.17, 15) is 4.79 Å². The molecule has 0 saturated heterocycles. The van der Waals surface area contributed by atoms with E-state index in [1.54, 1.807) is 12.4 Å². The fourth-order valence-electron chi connectivity index (χ4n) is 0.947. The van der Waals surface area contributed by atoms with Gasteiger partial charge in [0.05, 0.1) is 4.88 Å². The van der Waals surface area contributed by atoms with Gasteiger partial charge < -0.3 is 0 Å². The number of hydrogen-bond donors (Lipinski definition) is 0. The van der Waals surface area contributed by atoms with Crippen molar-refractivity contribution in [1.82, 2.24) is 15.0 Å². The Balaban J connectivity index is 2.39.